The highest BCUT2D eigenvalue weighted by atomic mass is 16.2. The van der Waals surface area contributed by atoms with Crippen LogP contribution in [0.3, 0.4) is 0 Å². The van der Waals surface area contributed by atoms with Crippen LogP contribution < -0.4 is 21.3 Å². The number of aryl methyl sites for hydroxylation is 1. The monoisotopic (exact) mass is 464 g/mol. The van der Waals surface area contributed by atoms with Gasteiger partial charge < -0.3 is 21.3 Å². The molecule has 7 nitrogen and oxygen atoms in total. The average molecular weight is 465 g/mol. The van der Waals surface area contributed by atoms with E-state index in [0.717, 1.165) is 17.7 Å². The van der Waals surface area contributed by atoms with Gasteiger partial charge in [0.15, 0.2) is 0 Å². The van der Waals surface area contributed by atoms with E-state index >= 15 is 0 Å². The van der Waals surface area contributed by atoms with Crippen LogP contribution >= 0.6 is 0 Å². The molecule has 3 amide bonds. The van der Waals surface area contributed by atoms with Crippen molar-refractivity contribution in [1.82, 2.24) is 21.3 Å². The lowest BCUT2D eigenvalue weighted by Crippen LogP contribution is -2.46. The highest BCUT2D eigenvalue weighted by Crippen LogP contribution is 2.27. The molecule has 1 aliphatic rings. The zero-order valence-electron chi connectivity index (χ0n) is 20.3. The molecule has 1 aliphatic carbocycles. The molecule has 7 heteroatoms. The highest BCUT2D eigenvalue weighted by molar-refractivity contribution is 6.00. The molecule has 0 heterocycles. The molecule has 1 fully saturated rings. The average Bonchev–Trinajstić information content (AvgIpc) is 3.67. The van der Waals surface area contributed by atoms with Crippen LogP contribution in [0.4, 0.5) is 0 Å². The molecule has 0 spiro atoms. The molecule has 0 aliphatic heterocycles. The highest BCUT2D eigenvalue weighted by Gasteiger charge is 2.23. The van der Waals surface area contributed by atoms with Gasteiger partial charge in [-0.3, -0.25) is 14.4 Å². The summed E-state index contributed by atoms with van der Waals surface area (Å²) in [5.74, 6) is 0.184. The topological polar surface area (TPSA) is 99.3 Å². The molecule has 1 unspecified atom stereocenters. The zero-order valence-corrected chi connectivity index (χ0v) is 20.3. The summed E-state index contributed by atoms with van der Waals surface area (Å²) in [5.41, 5.74) is 2.73. The fourth-order valence-electron chi connectivity index (χ4n) is 3.79. The first-order chi connectivity index (χ1) is 16.4. The maximum atomic E-state index is 12.8. The van der Waals surface area contributed by atoms with Crippen molar-refractivity contribution in [1.29, 1.82) is 0 Å². The smallest absolute Gasteiger partial charge is 0.251 e. The van der Waals surface area contributed by atoms with Gasteiger partial charge >= 0.3 is 0 Å². The van der Waals surface area contributed by atoms with E-state index in [9.17, 15) is 14.4 Å². The Bertz CT molecular complexity index is 989. The minimum atomic E-state index is -0.267. The molecule has 34 heavy (non-hydrogen) atoms. The summed E-state index contributed by atoms with van der Waals surface area (Å²) in [4.78, 5) is 37.8. The minimum Gasteiger partial charge on any atom is -0.354 e. The van der Waals surface area contributed by atoms with E-state index in [1.807, 2.05) is 51.1 Å². The van der Waals surface area contributed by atoms with Crippen molar-refractivity contribution in [2.45, 2.75) is 52.1 Å². The van der Waals surface area contributed by atoms with Crippen molar-refractivity contribution >= 4 is 17.7 Å². The fraction of sp³-hybridized carbons (Fsp3) is 0.444. The third kappa shape index (κ3) is 7.70. The van der Waals surface area contributed by atoms with E-state index in [0.29, 0.717) is 36.6 Å². The summed E-state index contributed by atoms with van der Waals surface area (Å²) in [6.45, 7) is 7.37. The van der Waals surface area contributed by atoms with Crippen LogP contribution in [0.15, 0.2) is 48.5 Å². The molecule has 0 saturated heterocycles. The van der Waals surface area contributed by atoms with Crippen molar-refractivity contribution in [3.05, 3.63) is 70.8 Å². The summed E-state index contributed by atoms with van der Waals surface area (Å²) in [5, 5.41) is 12.1. The third-order valence-electron chi connectivity index (χ3n) is 6.04. The van der Waals surface area contributed by atoms with Crippen LogP contribution in [0, 0.1) is 12.8 Å². The molecule has 1 saturated carbocycles. The van der Waals surface area contributed by atoms with Gasteiger partial charge in [-0.1, -0.05) is 37.3 Å². The molecule has 0 bridgehead atoms. The zero-order chi connectivity index (χ0) is 24.5. The van der Waals surface area contributed by atoms with Crippen molar-refractivity contribution in [3.8, 4) is 0 Å². The van der Waals surface area contributed by atoms with Gasteiger partial charge in [0.1, 0.15) is 0 Å². The molecule has 2 aromatic carbocycles. The second kappa shape index (κ2) is 12.3. The Labute approximate surface area is 202 Å². The van der Waals surface area contributed by atoms with Crippen LogP contribution in [0.5, 0.6) is 0 Å². The van der Waals surface area contributed by atoms with Crippen LogP contribution in [-0.4, -0.2) is 43.4 Å². The number of hydrogen-bond acceptors (Lipinski definition) is 4. The first-order valence-electron chi connectivity index (χ1n) is 12.1. The molecular formula is C27H36N4O3. The first kappa shape index (κ1) is 25.4. The number of carbonyl (C=O) groups excluding carboxylic acids is 3. The van der Waals surface area contributed by atoms with E-state index in [-0.39, 0.29) is 29.8 Å². The molecule has 0 aromatic heterocycles. The number of benzene rings is 2. The number of nitrogens with one attached hydrogen (secondary N) is 4. The van der Waals surface area contributed by atoms with E-state index in [1.165, 1.54) is 12.8 Å². The van der Waals surface area contributed by atoms with Gasteiger partial charge in [-0.25, -0.2) is 0 Å². The lowest BCUT2D eigenvalue weighted by Gasteiger charge is -2.17. The quantitative estimate of drug-likeness (QED) is 0.363. The van der Waals surface area contributed by atoms with E-state index in [1.54, 1.807) is 18.2 Å². The Hall–Kier alpha value is -3.19. The van der Waals surface area contributed by atoms with Crippen LogP contribution in [0.25, 0.3) is 0 Å². The molecular weight excluding hydrogens is 428 g/mol. The van der Waals surface area contributed by atoms with Crippen molar-refractivity contribution in [2.75, 3.05) is 19.6 Å². The molecule has 2 atom stereocenters. The van der Waals surface area contributed by atoms with Gasteiger partial charge in [0, 0.05) is 30.8 Å². The van der Waals surface area contributed by atoms with Gasteiger partial charge in [-0.2, -0.15) is 0 Å². The van der Waals surface area contributed by atoms with E-state index < -0.39 is 0 Å². The van der Waals surface area contributed by atoms with Crippen molar-refractivity contribution in [3.63, 3.8) is 0 Å². The van der Waals surface area contributed by atoms with Crippen molar-refractivity contribution < 1.29 is 14.4 Å². The number of rotatable bonds is 12. The summed E-state index contributed by atoms with van der Waals surface area (Å²) in [6, 6.07) is 14.5. The van der Waals surface area contributed by atoms with Crippen LogP contribution in [-0.2, 0) is 4.79 Å². The second-order valence-corrected chi connectivity index (χ2v) is 9.05. The van der Waals surface area contributed by atoms with Gasteiger partial charge in [0.2, 0.25) is 5.91 Å². The molecule has 182 valence electrons. The Balaban J connectivity index is 1.49. The number of hydrogen-bond donors (Lipinski definition) is 4. The number of amides is 3. The van der Waals surface area contributed by atoms with Crippen LogP contribution in [0.1, 0.15) is 71.0 Å². The Morgan fingerprint density at radius 3 is 2.26 bits per heavy atom. The lowest BCUT2D eigenvalue weighted by molar-refractivity contribution is -0.123. The molecule has 3 rings (SSSR count). The standard InChI is InChI=1S/C27H36N4O3/c1-4-24(27(34)30-17-20-10-11-20)28-12-13-29-25(32)22-14-18(2)15-23(16-22)26(33)31-19(3)21-8-6-5-7-9-21/h5-9,14-16,19-20,24,28H,4,10-13,17H2,1-3H3,(H,29,32)(H,30,34)(H,31,33)/t19-,24?/m1/s1. The Morgan fingerprint density at radius 1 is 0.941 bits per heavy atom. The number of carbonyl (C=O) groups is 3. The predicted octanol–water partition coefficient (Wildman–Crippen LogP) is 3.11. The SMILES string of the molecule is CCC(NCCNC(=O)c1cc(C)cc(C(=O)N[C@H](C)c2ccccc2)c1)C(=O)NCC1CC1. The van der Waals surface area contributed by atoms with Gasteiger partial charge in [0.25, 0.3) is 11.8 Å². The van der Waals surface area contributed by atoms with Crippen LogP contribution in [0.2, 0.25) is 0 Å². The van der Waals surface area contributed by atoms with E-state index in [2.05, 4.69) is 21.3 Å². The lowest BCUT2D eigenvalue weighted by atomic mass is 10.0. The predicted molar refractivity (Wildman–Crippen MR) is 134 cm³/mol. The maximum Gasteiger partial charge on any atom is 0.251 e. The summed E-state index contributed by atoms with van der Waals surface area (Å²) >= 11 is 0. The molecule has 2 aromatic rings. The Morgan fingerprint density at radius 2 is 1.62 bits per heavy atom. The molecule has 0 radical (unpaired) electrons. The maximum absolute atomic E-state index is 12.8. The van der Waals surface area contributed by atoms with Gasteiger partial charge in [0.05, 0.1) is 12.1 Å². The van der Waals surface area contributed by atoms with Gasteiger partial charge in [-0.05, 0) is 68.4 Å². The second-order valence-electron chi connectivity index (χ2n) is 9.05. The molecule has 4 N–H and O–H groups in total. The summed E-state index contributed by atoms with van der Waals surface area (Å²) in [7, 11) is 0. The summed E-state index contributed by atoms with van der Waals surface area (Å²) in [6.07, 6.45) is 3.08. The summed E-state index contributed by atoms with van der Waals surface area (Å²) < 4.78 is 0. The normalized spacial score (nSPS) is 14.7. The van der Waals surface area contributed by atoms with E-state index in [4.69, 9.17) is 0 Å². The van der Waals surface area contributed by atoms with Gasteiger partial charge in [-0.15, -0.1) is 0 Å². The largest absolute Gasteiger partial charge is 0.354 e. The third-order valence-corrected chi connectivity index (χ3v) is 6.04. The Kier molecular flexibility index (Phi) is 9.22. The minimum absolute atomic E-state index is 0.0137. The fourth-order valence-corrected chi connectivity index (χ4v) is 3.79. The van der Waals surface area contributed by atoms with Crippen molar-refractivity contribution in [2.24, 2.45) is 5.92 Å². The first-order valence-corrected chi connectivity index (χ1v) is 12.1.